The fourth-order valence-corrected chi connectivity index (χ4v) is 1.55. The number of aldehydes is 1. The summed E-state index contributed by atoms with van der Waals surface area (Å²) in [6, 6.07) is 3.77. The molecule has 2 aromatic heterocycles. The number of rotatable bonds is 2. The van der Waals surface area contributed by atoms with E-state index in [1.807, 2.05) is 12.1 Å². The molecule has 0 aliphatic carbocycles. The molecule has 0 aliphatic heterocycles. The molecule has 0 saturated carbocycles. The highest BCUT2D eigenvalue weighted by atomic mass is 79.9. The first-order valence-electron chi connectivity index (χ1n) is 4.13. The lowest BCUT2D eigenvalue weighted by atomic mass is 10.2. The molecule has 0 aromatic carbocycles. The van der Waals surface area contributed by atoms with E-state index < -0.39 is 0 Å². The molecule has 4 heteroatoms. The van der Waals surface area contributed by atoms with Crippen LogP contribution >= 0.6 is 15.9 Å². The van der Waals surface area contributed by atoms with Crippen molar-refractivity contribution >= 4 is 33.2 Å². The minimum atomic E-state index is 0.390. The van der Waals surface area contributed by atoms with E-state index >= 15 is 0 Å². The van der Waals surface area contributed by atoms with Gasteiger partial charge in [-0.1, -0.05) is 0 Å². The van der Waals surface area contributed by atoms with E-state index in [1.54, 1.807) is 12.4 Å². The molecule has 2 rings (SSSR count). The van der Waals surface area contributed by atoms with Gasteiger partial charge in [-0.3, -0.25) is 9.97 Å². The van der Waals surface area contributed by atoms with Crippen molar-refractivity contribution in [1.82, 2.24) is 9.97 Å². The van der Waals surface area contributed by atoms with Crippen molar-refractivity contribution in [3.05, 3.63) is 34.6 Å². The van der Waals surface area contributed by atoms with Gasteiger partial charge in [-0.2, -0.15) is 0 Å². The second-order valence-electron chi connectivity index (χ2n) is 2.91. The van der Waals surface area contributed by atoms with Gasteiger partial charge in [0.05, 0.1) is 11.0 Å². The fourth-order valence-electron chi connectivity index (χ4n) is 1.23. The number of fused-ring (bicyclic) bond motifs is 1. The average Bonchev–Trinajstić information content (AvgIpc) is 2.19. The van der Waals surface area contributed by atoms with Gasteiger partial charge in [0.25, 0.3) is 0 Å². The fraction of sp³-hybridized carbons (Fsp3) is 0.100. The van der Waals surface area contributed by atoms with Gasteiger partial charge in [0, 0.05) is 23.3 Å². The number of nitrogens with zero attached hydrogens (tertiary/aromatic N) is 2. The number of hydrogen-bond donors (Lipinski definition) is 0. The van der Waals surface area contributed by atoms with Crippen LogP contribution in [0.2, 0.25) is 0 Å². The number of halogens is 1. The molecule has 0 N–H and O–H groups in total. The molecule has 0 radical (unpaired) electrons. The Kier molecular flexibility index (Phi) is 2.54. The third-order valence-electron chi connectivity index (χ3n) is 1.87. The Labute approximate surface area is 89.3 Å². The van der Waals surface area contributed by atoms with Gasteiger partial charge in [-0.05, 0) is 33.6 Å². The lowest BCUT2D eigenvalue weighted by molar-refractivity contribution is -0.107. The summed E-state index contributed by atoms with van der Waals surface area (Å²) in [6.45, 7) is 0. The highest BCUT2D eigenvalue weighted by molar-refractivity contribution is 9.10. The topological polar surface area (TPSA) is 42.9 Å². The summed E-state index contributed by atoms with van der Waals surface area (Å²) in [4.78, 5) is 18.7. The molecule has 0 fully saturated rings. The normalized spacial score (nSPS) is 10.4. The molecule has 0 unspecified atom stereocenters. The predicted octanol–water partition coefficient (Wildman–Crippen LogP) is 2.13. The molecule has 0 saturated heterocycles. The van der Waals surface area contributed by atoms with E-state index in [4.69, 9.17) is 0 Å². The number of carbonyl (C=O) groups excluding carboxylic acids is 1. The monoisotopic (exact) mass is 250 g/mol. The maximum Gasteiger partial charge on any atom is 0.124 e. The van der Waals surface area contributed by atoms with Crippen molar-refractivity contribution < 1.29 is 4.79 Å². The summed E-state index contributed by atoms with van der Waals surface area (Å²) in [6.07, 6.45) is 4.67. The smallest absolute Gasteiger partial charge is 0.124 e. The van der Waals surface area contributed by atoms with Crippen molar-refractivity contribution in [2.45, 2.75) is 6.42 Å². The Bertz CT molecular complexity index is 485. The number of aromatic nitrogens is 2. The predicted molar refractivity (Wildman–Crippen MR) is 57.0 cm³/mol. The Morgan fingerprint density at radius 2 is 1.93 bits per heavy atom. The second-order valence-corrected chi connectivity index (χ2v) is 3.82. The molecule has 0 atom stereocenters. The molecule has 2 aromatic rings. The van der Waals surface area contributed by atoms with E-state index in [1.165, 1.54) is 0 Å². The van der Waals surface area contributed by atoms with Crippen molar-refractivity contribution in [3.63, 3.8) is 0 Å². The summed E-state index contributed by atoms with van der Waals surface area (Å²) < 4.78 is 0.903. The molecule has 0 amide bonds. The Morgan fingerprint density at radius 1 is 1.21 bits per heavy atom. The van der Waals surface area contributed by atoms with E-state index in [9.17, 15) is 4.79 Å². The molecule has 14 heavy (non-hydrogen) atoms. The van der Waals surface area contributed by atoms with Crippen LogP contribution in [0.5, 0.6) is 0 Å². The van der Waals surface area contributed by atoms with Crippen LogP contribution in [-0.4, -0.2) is 16.3 Å². The van der Waals surface area contributed by atoms with E-state index in [0.717, 1.165) is 27.4 Å². The number of hydrogen-bond acceptors (Lipinski definition) is 3. The molecule has 70 valence electrons. The minimum absolute atomic E-state index is 0.390. The minimum Gasteiger partial charge on any atom is -0.303 e. The Hall–Kier alpha value is -1.29. The maximum atomic E-state index is 10.3. The average molecular weight is 251 g/mol. The van der Waals surface area contributed by atoms with E-state index in [2.05, 4.69) is 25.9 Å². The summed E-state index contributed by atoms with van der Waals surface area (Å²) in [5.74, 6) is 0. The van der Waals surface area contributed by atoms with Crippen LogP contribution in [0.15, 0.2) is 29.0 Å². The van der Waals surface area contributed by atoms with Crippen molar-refractivity contribution in [2.75, 3.05) is 0 Å². The Balaban J connectivity index is 2.55. The third-order valence-corrected chi connectivity index (χ3v) is 2.31. The molecule has 0 spiro atoms. The summed E-state index contributed by atoms with van der Waals surface area (Å²) in [5, 5.41) is 0. The lowest BCUT2D eigenvalue weighted by Gasteiger charge is -1.99. The quantitative estimate of drug-likeness (QED) is 0.768. The first-order chi connectivity index (χ1) is 6.79. The molecule has 3 nitrogen and oxygen atoms in total. The molecule has 0 bridgehead atoms. The SMILES string of the molecule is O=CCc1cnc2cc(Br)cnc2c1. The lowest BCUT2D eigenvalue weighted by Crippen LogP contribution is -1.90. The van der Waals surface area contributed by atoms with Crippen molar-refractivity contribution in [3.8, 4) is 0 Å². The molecule has 0 aliphatic rings. The highest BCUT2D eigenvalue weighted by Crippen LogP contribution is 2.15. The van der Waals surface area contributed by atoms with E-state index in [-0.39, 0.29) is 0 Å². The van der Waals surface area contributed by atoms with Crippen LogP contribution in [0.1, 0.15) is 5.56 Å². The van der Waals surface area contributed by atoms with Crippen LogP contribution in [0.25, 0.3) is 11.0 Å². The van der Waals surface area contributed by atoms with Gasteiger partial charge in [-0.25, -0.2) is 0 Å². The largest absolute Gasteiger partial charge is 0.303 e. The van der Waals surface area contributed by atoms with E-state index in [0.29, 0.717) is 6.42 Å². The van der Waals surface area contributed by atoms with Gasteiger partial charge in [-0.15, -0.1) is 0 Å². The van der Waals surface area contributed by atoms with Gasteiger partial charge in [0.15, 0.2) is 0 Å². The molecule has 2 heterocycles. The number of carbonyl (C=O) groups is 1. The van der Waals surface area contributed by atoms with Crippen molar-refractivity contribution in [1.29, 1.82) is 0 Å². The van der Waals surface area contributed by atoms with Gasteiger partial charge in [0.2, 0.25) is 0 Å². The van der Waals surface area contributed by atoms with Gasteiger partial charge in [0.1, 0.15) is 6.29 Å². The zero-order valence-corrected chi connectivity index (χ0v) is 8.86. The number of pyridine rings is 2. The summed E-state index contributed by atoms with van der Waals surface area (Å²) >= 11 is 3.32. The zero-order chi connectivity index (χ0) is 9.97. The third kappa shape index (κ3) is 1.80. The maximum absolute atomic E-state index is 10.3. The van der Waals surface area contributed by atoms with Crippen LogP contribution < -0.4 is 0 Å². The van der Waals surface area contributed by atoms with Crippen LogP contribution in [0.3, 0.4) is 0 Å². The Morgan fingerprint density at radius 3 is 2.71 bits per heavy atom. The van der Waals surface area contributed by atoms with Crippen molar-refractivity contribution in [2.24, 2.45) is 0 Å². The van der Waals surface area contributed by atoms with Gasteiger partial charge >= 0.3 is 0 Å². The zero-order valence-electron chi connectivity index (χ0n) is 7.27. The highest BCUT2D eigenvalue weighted by Gasteiger charge is 1.99. The molecular weight excluding hydrogens is 244 g/mol. The van der Waals surface area contributed by atoms with Crippen LogP contribution in [0, 0.1) is 0 Å². The standard InChI is InChI=1S/C10H7BrN2O/c11-8-4-10-9(13-6-8)3-7(1-2-14)5-12-10/h2-6H,1H2. The van der Waals surface area contributed by atoms with Crippen LogP contribution in [0.4, 0.5) is 0 Å². The molecular formula is C10H7BrN2O. The first-order valence-corrected chi connectivity index (χ1v) is 4.93. The van der Waals surface area contributed by atoms with Crippen LogP contribution in [-0.2, 0) is 11.2 Å². The summed E-state index contributed by atoms with van der Waals surface area (Å²) in [5.41, 5.74) is 2.53. The van der Waals surface area contributed by atoms with Gasteiger partial charge < -0.3 is 4.79 Å². The second kappa shape index (κ2) is 3.84. The first kappa shape index (κ1) is 9.27. The summed E-state index contributed by atoms with van der Waals surface area (Å²) in [7, 11) is 0.